The average molecular weight is 998 g/mol. The molecule has 0 bridgehead atoms. The fourth-order valence-corrected chi connectivity index (χ4v) is 11.2. The summed E-state index contributed by atoms with van der Waals surface area (Å²) in [5, 5.41) is 8.19. The van der Waals surface area contributed by atoms with Crippen molar-refractivity contribution in [2.75, 3.05) is 0 Å². The van der Waals surface area contributed by atoms with E-state index in [1.165, 1.54) is 16.7 Å². The van der Waals surface area contributed by atoms with Crippen LogP contribution in [0.2, 0.25) is 0 Å². The Morgan fingerprint density at radius 3 is 1.12 bits per heavy atom. The maximum atomic E-state index is 5.72. The standard InChI is InChI=1S/C75H55N3/c1-9-26-52(27-10-1)62-45-63(53-28-11-2-12-29-53)48-66(47-62)69-51-68(76-75(77-69)67-49-64(54-30-13-3-14-31-54)46-65(50-67)55-32-15-4-16-33-55)60-42-25-43-61(44-60)70-71(56-34-17-5-18-35-56)73(58-38-21-7-22-39-58)78-74(59-40-23-8-24-41-59)72(70)57-36-19-6-20-37-57/h1-51,69,73,78H,(H,76,77). The van der Waals surface area contributed by atoms with Crippen molar-refractivity contribution >= 4 is 33.9 Å². The van der Waals surface area contributed by atoms with E-state index in [0.29, 0.717) is 0 Å². The minimum Gasteiger partial charge on any atom is -0.373 e. The van der Waals surface area contributed by atoms with Crippen LogP contribution in [-0.2, 0) is 0 Å². The van der Waals surface area contributed by atoms with Crippen LogP contribution in [0.5, 0.6) is 0 Å². The van der Waals surface area contributed by atoms with E-state index in [1.54, 1.807) is 0 Å². The Balaban J connectivity index is 1.05. The van der Waals surface area contributed by atoms with Gasteiger partial charge in [-0.1, -0.05) is 261 Å². The van der Waals surface area contributed by atoms with Gasteiger partial charge in [0.15, 0.2) is 0 Å². The lowest BCUT2D eigenvalue weighted by Crippen LogP contribution is -2.31. The summed E-state index contributed by atoms with van der Waals surface area (Å²) in [5.74, 6) is 0.802. The molecule has 3 heteroatoms. The zero-order valence-corrected chi connectivity index (χ0v) is 43.0. The van der Waals surface area contributed by atoms with Crippen molar-refractivity contribution in [2.24, 2.45) is 4.99 Å². The van der Waals surface area contributed by atoms with Crippen molar-refractivity contribution in [1.82, 2.24) is 10.6 Å². The van der Waals surface area contributed by atoms with Gasteiger partial charge in [-0.05, 0) is 138 Å². The molecule has 78 heavy (non-hydrogen) atoms. The molecule has 0 radical (unpaired) electrons. The van der Waals surface area contributed by atoms with Gasteiger partial charge in [0, 0.05) is 16.7 Å². The van der Waals surface area contributed by atoms with Crippen LogP contribution in [0.4, 0.5) is 0 Å². The molecule has 2 atom stereocenters. The Bertz CT molecular complexity index is 3900. The van der Waals surface area contributed by atoms with Gasteiger partial charge in [-0.3, -0.25) is 0 Å². The summed E-state index contributed by atoms with van der Waals surface area (Å²) in [6.45, 7) is 0. The van der Waals surface area contributed by atoms with Gasteiger partial charge in [0.1, 0.15) is 5.84 Å². The Morgan fingerprint density at radius 1 is 0.256 bits per heavy atom. The van der Waals surface area contributed by atoms with Crippen molar-refractivity contribution in [2.45, 2.75) is 12.1 Å². The zero-order chi connectivity index (χ0) is 52.0. The minimum atomic E-state index is -0.257. The molecule has 0 fully saturated rings. The number of allylic oxidation sites excluding steroid dienone is 2. The lowest BCUT2D eigenvalue weighted by atomic mass is 9.76. The summed E-state index contributed by atoms with van der Waals surface area (Å²) in [7, 11) is 0. The van der Waals surface area contributed by atoms with Gasteiger partial charge in [-0.15, -0.1) is 0 Å². The van der Waals surface area contributed by atoms with E-state index in [2.05, 4.69) is 320 Å². The molecule has 0 aromatic heterocycles. The van der Waals surface area contributed by atoms with Crippen molar-refractivity contribution < 1.29 is 0 Å². The summed E-state index contributed by atoms with van der Waals surface area (Å²) < 4.78 is 0. The van der Waals surface area contributed by atoms with Crippen molar-refractivity contribution in [3.05, 3.63) is 354 Å². The molecule has 0 aliphatic carbocycles. The normalized spacial score (nSPS) is 15.2. The minimum absolute atomic E-state index is 0.173. The molecular weight excluding hydrogens is 943 g/mol. The third-order valence-corrected chi connectivity index (χ3v) is 14.9. The molecule has 0 amide bonds. The van der Waals surface area contributed by atoms with Gasteiger partial charge < -0.3 is 10.6 Å². The van der Waals surface area contributed by atoms with E-state index in [9.17, 15) is 0 Å². The Hall–Kier alpha value is -10.1. The number of amidine groups is 1. The molecule has 11 aromatic rings. The highest BCUT2D eigenvalue weighted by molar-refractivity contribution is 6.24. The van der Waals surface area contributed by atoms with Gasteiger partial charge in [0.25, 0.3) is 0 Å². The Labute approximate surface area is 457 Å². The number of dihydropyridines is 1. The molecule has 3 nitrogen and oxygen atoms in total. The van der Waals surface area contributed by atoms with E-state index in [-0.39, 0.29) is 12.1 Å². The van der Waals surface area contributed by atoms with Gasteiger partial charge in [0.2, 0.25) is 0 Å². The van der Waals surface area contributed by atoms with Crippen molar-refractivity contribution in [3.8, 4) is 44.5 Å². The van der Waals surface area contributed by atoms with Crippen LogP contribution in [0, 0.1) is 0 Å². The first-order valence-electron chi connectivity index (χ1n) is 26.8. The molecule has 2 aliphatic heterocycles. The largest absolute Gasteiger partial charge is 0.373 e. The van der Waals surface area contributed by atoms with E-state index in [0.717, 1.165) is 106 Å². The van der Waals surface area contributed by atoms with Crippen LogP contribution in [0.1, 0.15) is 56.6 Å². The van der Waals surface area contributed by atoms with Gasteiger partial charge >= 0.3 is 0 Å². The van der Waals surface area contributed by atoms with Crippen molar-refractivity contribution in [1.29, 1.82) is 0 Å². The zero-order valence-electron chi connectivity index (χ0n) is 43.0. The predicted octanol–water partition coefficient (Wildman–Crippen LogP) is 18.3. The topological polar surface area (TPSA) is 36.4 Å². The maximum Gasteiger partial charge on any atom is 0.134 e. The number of hydrogen-bond donors (Lipinski definition) is 2. The number of rotatable bonds is 12. The van der Waals surface area contributed by atoms with Crippen LogP contribution < -0.4 is 10.6 Å². The number of nitrogens with one attached hydrogen (secondary N) is 2. The third kappa shape index (κ3) is 9.85. The number of nitrogens with zero attached hydrogens (tertiary/aromatic N) is 1. The van der Waals surface area contributed by atoms with Gasteiger partial charge in [0.05, 0.1) is 23.5 Å². The number of aliphatic imine (C=N–C) groups is 1. The lowest BCUT2D eigenvalue weighted by molar-refractivity contribution is 0.781. The van der Waals surface area contributed by atoms with E-state index < -0.39 is 0 Å². The molecule has 13 rings (SSSR count). The van der Waals surface area contributed by atoms with E-state index >= 15 is 0 Å². The first kappa shape index (κ1) is 47.6. The summed E-state index contributed by atoms with van der Waals surface area (Å²) in [6, 6.07) is 109. The van der Waals surface area contributed by atoms with Crippen LogP contribution in [0.15, 0.2) is 314 Å². The highest BCUT2D eigenvalue weighted by atomic mass is 15.0. The molecule has 2 N–H and O–H groups in total. The molecule has 0 saturated heterocycles. The Kier molecular flexibility index (Phi) is 13.2. The van der Waals surface area contributed by atoms with Crippen LogP contribution in [0.25, 0.3) is 72.6 Å². The molecule has 2 heterocycles. The highest BCUT2D eigenvalue weighted by Gasteiger charge is 2.33. The average Bonchev–Trinajstić information content (AvgIpc) is 3.67. The maximum absolute atomic E-state index is 5.72. The van der Waals surface area contributed by atoms with E-state index in [4.69, 9.17) is 4.99 Å². The molecule has 0 spiro atoms. The fourth-order valence-electron chi connectivity index (χ4n) is 11.2. The second-order valence-electron chi connectivity index (χ2n) is 19.9. The summed E-state index contributed by atoms with van der Waals surface area (Å²) in [5.41, 5.74) is 23.5. The van der Waals surface area contributed by atoms with Crippen LogP contribution in [0.3, 0.4) is 0 Å². The summed E-state index contributed by atoms with van der Waals surface area (Å²) >= 11 is 0. The Morgan fingerprint density at radius 2 is 0.628 bits per heavy atom. The van der Waals surface area contributed by atoms with Crippen LogP contribution in [-0.4, -0.2) is 5.84 Å². The molecule has 2 unspecified atom stereocenters. The SMILES string of the molecule is C1=C(c2cccc(C3=C(c4ccccc4)C(c4ccccc4)NC(c4ccccc4)=C3c3ccccc3)c2)N=C(c2cc(-c3ccccc3)cc(-c3ccccc3)c2)NC1c1cc(-c2ccccc2)cc(-c2ccccc2)c1. The van der Waals surface area contributed by atoms with Crippen LogP contribution >= 0.6 is 0 Å². The van der Waals surface area contributed by atoms with Crippen molar-refractivity contribution in [3.63, 3.8) is 0 Å². The summed E-state index contributed by atoms with van der Waals surface area (Å²) in [6.07, 6.45) is 2.33. The second kappa shape index (κ2) is 21.6. The highest BCUT2D eigenvalue weighted by Crippen LogP contribution is 2.50. The molecule has 0 saturated carbocycles. The quantitative estimate of drug-likeness (QED) is 0.128. The fraction of sp³-hybridized carbons (Fsp3) is 0.0267. The first-order chi connectivity index (χ1) is 38.7. The third-order valence-electron chi connectivity index (χ3n) is 14.9. The monoisotopic (exact) mass is 997 g/mol. The molecule has 2 aliphatic rings. The smallest absolute Gasteiger partial charge is 0.134 e. The van der Waals surface area contributed by atoms with Gasteiger partial charge in [-0.2, -0.15) is 0 Å². The second-order valence-corrected chi connectivity index (χ2v) is 19.9. The number of benzene rings is 11. The lowest BCUT2D eigenvalue weighted by Gasteiger charge is -2.36. The predicted molar refractivity (Wildman–Crippen MR) is 327 cm³/mol. The number of hydrogen-bond acceptors (Lipinski definition) is 3. The van der Waals surface area contributed by atoms with E-state index in [1.807, 2.05) is 0 Å². The molecular formula is C75H55N3. The van der Waals surface area contributed by atoms with Gasteiger partial charge in [-0.25, -0.2) is 4.99 Å². The molecule has 11 aromatic carbocycles. The molecule has 370 valence electrons. The first-order valence-corrected chi connectivity index (χ1v) is 26.8. The summed E-state index contributed by atoms with van der Waals surface area (Å²) in [4.78, 5) is 5.72.